The summed E-state index contributed by atoms with van der Waals surface area (Å²) in [5.41, 5.74) is 0.176. The van der Waals surface area contributed by atoms with Gasteiger partial charge in [-0.3, -0.25) is 4.55 Å². The Balaban J connectivity index is -0.000000244. The van der Waals surface area contributed by atoms with Crippen LogP contribution in [0, 0.1) is 0 Å². The van der Waals surface area contributed by atoms with E-state index in [1.807, 2.05) is 0 Å². The molecular weight excluding hydrogens is 311 g/mol. The van der Waals surface area contributed by atoms with Crippen LogP contribution in [0.4, 0.5) is 0 Å². The minimum Gasteiger partial charge on any atom is -0.724 e. The molecule has 0 aromatic carbocycles. The number of carboxylic acids is 1. The molecule has 96 valence electrons. The minimum absolute atomic E-state index is 0. The maximum atomic E-state index is 9.60. The fourth-order valence-corrected chi connectivity index (χ4v) is 0.622. The first kappa shape index (κ1) is 22.7. The number of aliphatic carboxylic acids is 1. The Hall–Kier alpha value is 0.586. The van der Waals surface area contributed by atoms with Crippen molar-refractivity contribution in [2.45, 2.75) is 6.92 Å². The van der Waals surface area contributed by atoms with Crippen molar-refractivity contribution in [3.63, 3.8) is 0 Å². The average molecular weight is 318 g/mol. The predicted molar refractivity (Wildman–Crippen MR) is 45.9 cm³/mol. The number of hydrogen-bond acceptors (Lipinski definition) is 8. The third-order valence-electron chi connectivity index (χ3n) is 0.562. The van der Waals surface area contributed by atoms with E-state index in [4.69, 9.17) is 9.66 Å². The van der Waals surface area contributed by atoms with Crippen molar-refractivity contribution >= 4 is 26.8 Å². The Morgan fingerprint density at radius 3 is 1.59 bits per heavy atom. The molecule has 0 rings (SSSR count). The third-order valence-corrected chi connectivity index (χ3v) is 1.12. The molecule has 0 bridgehead atoms. The first-order valence-electron chi connectivity index (χ1n) is 3.05. The van der Waals surface area contributed by atoms with Crippen LogP contribution in [0.25, 0.3) is 0 Å². The second-order valence-electron chi connectivity index (χ2n) is 2.06. The van der Waals surface area contributed by atoms with Gasteiger partial charge in [0.1, 0.15) is 0 Å². The van der Waals surface area contributed by atoms with Gasteiger partial charge in [-0.05, 0) is 6.92 Å². The zero-order valence-electron chi connectivity index (χ0n) is 8.68. The molecule has 0 amide bonds. The van der Waals surface area contributed by atoms with Crippen LogP contribution in [-0.4, -0.2) is 37.0 Å². The largest absolute Gasteiger partial charge is 1.00 e. The second-order valence-corrected chi connectivity index (χ2v) is 4.00. The minimum atomic E-state index is -5.27. The summed E-state index contributed by atoms with van der Waals surface area (Å²) in [4.78, 5) is 9.60. The van der Waals surface area contributed by atoms with Gasteiger partial charge in [-0.15, -0.1) is 0 Å². The molecule has 0 aliphatic rings. The maximum Gasteiger partial charge on any atom is 1.00 e. The fourth-order valence-electron chi connectivity index (χ4n) is 0.0691. The molecule has 0 fully saturated rings. The summed E-state index contributed by atoms with van der Waals surface area (Å²) in [5.74, 6) is -0.935. The van der Waals surface area contributed by atoms with E-state index in [1.54, 1.807) is 0 Å². The van der Waals surface area contributed by atoms with Gasteiger partial charge in [0.15, 0.2) is 0 Å². The molecule has 0 saturated heterocycles. The van der Waals surface area contributed by atoms with Crippen LogP contribution in [0.3, 0.4) is 0 Å². The quantitative estimate of drug-likeness (QED) is 0.130. The molecular formula is C4H7KO10S2. The molecule has 0 aliphatic carbocycles. The van der Waals surface area contributed by atoms with Gasteiger partial charge in [0, 0.05) is 5.57 Å². The summed E-state index contributed by atoms with van der Waals surface area (Å²) in [6.07, 6.45) is 0. The van der Waals surface area contributed by atoms with Crippen molar-refractivity contribution < 1.29 is 95.9 Å². The van der Waals surface area contributed by atoms with Crippen molar-refractivity contribution in [3.8, 4) is 0 Å². The zero-order valence-corrected chi connectivity index (χ0v) is 13.4. The molecule has 2 N–H and O–H groups in total. The Labute approximate surface area is 140 Å². The van der Waals surface area contributed by atoms with E-state index < -0.39 is 26.8 Å². The molecule has 0 aromatic heterocycles. The molecule has 0 aliphatic heterocycles. The zero-order chi connectivity index (χ0) is 13.6. The van der Waals surface area contributed by atoms with Crippen LogP contribution in [0.15, 0.2) is 12.2 Å². The molecule has 0 aromatic rings. The van der Waals surface area contributed by atoms with E-state index in [0.717, 1.165) is 0 Å². The Morgan fingerprint density at radius 2 is 1.53 bits per heavy atom. The number of carboxylic acid groups (broad SMARTS) is 1. The first-order valence-corrected chi connectivity index (χ1v) is 5.75. The van der Waals surface area contributed by atoms with Gasteiger partial charge in [0.25, 0.3) is 0 Å². The van der Waals surface area contributed by atoms with Crippen LogP contribution >= 0.6 is 0 Å². The number of hydrogen-bond donors (Lipinski definition) is 2. The van der Waals surface area contributed by atoms with E-state index in [1.165, 1.54) is 6.92 Å². The van der Waals surface area contributed by atoms with Gasteiger partial charge in [0.05, 0.1) is 0 Å². The molecule has 13 heteroatoms. The molecule has 17 heavy (non-hydrogen) atoms. The van der Waals surface area contributed by atoms with Crippen molar-refractivity contribution in [2.75, 3.05) is 0 Å². The van der Waals surface area contributed by atoms with Crippen molar-refractivity contribution in [2.24, 2.45) is 0 Å². The first-order chi connectivity index (χ1) is 6.85. The third kappa shape index (κ3) is 26.3. The van der Waals surface area contributed by atoms with Crippen molar-refractivity contribution in [1.82, 2.24) is 0 Å². The van der Waals surface area contributed by atoms with E-state index >= 15 is 0 Å². The van der Waals surface area contributed by atoms with Gasteiger partial charge in [0.2, 0.25) is 10.4 Å². The van der Waals surface area contributed by atoms with E-state index in [-0.39, 0.29) is 57.0 Å². The average Bonchev–Trinajstić information content (AvgIpc) is 1.99. The fraction of sp³-hybridized carbons (Fsp3) is 0.250. The van der Waals surface area contributed by atoms with Crippen molar-refractivity contribution in [3.05, 3.63) is 12.2 Å². The van der Waals surface area contributed by atoms with Crippen molar-refractivity contribution in [1.29, 1.82) is 0 Å². The topological polar surface area (TPSA) is 167 Å². The summed E-state index contributed by atoms with van der Waals surface area (Å²) >= 11 is 0. The van der Waals surface area contributed by atoms with Crippen LogP contribution in [-0.2, 0) is 34.3 Å². The maximum absolute atomic E-state index is 9.60. The van der Waals surface area contributed by atoms with E-state index in [9.17, 15) is 26.2 Å². The Morgan fingerprint density at radius 1 is 1.24 bits per heavy atom. The molecule has 10 nitrogen and oxygen atoms in total. The van der Waals surface area contributed by atoms with Gasteiger partial charge in [-0.1, -0.05) is 15.2 Å². The number of rotatable bonds is 4. The molecule has 0 heterocycles. The Kier molecular flexibility index (Phi) is 12.7. The van der Waals surface area contributed by atoms with E-state index in [0.29, 0.717) is 0 Å². The summed E-state index contributed by atoms with van der Waals surface area (Å²) in [6, 6.07) is 0. The van der Waals surface area contributed by atoms with Gasteiger partial charge >= 0.3 is 67.8 Å². The van der Waals surface area contributed by atoms with Gasteiger partial charge < -0.3 is 9.66 Å². The standard InChI is InChI=1S/C4H6O2.K.H2O8S2/c1-3(2)4(5)6;;1-9(2,3)7-8-10(4,5)6/h1H2,2H3,(H,5,6);;(H,1,2,3)(H,4,5,6)/q;+1;/p-1. The molecule has 0 atom stereocenters. The van der Waals surface area contributed by atoms with Crippen LogP contribution in [0.5, 0.6) is 0 Å². The summed E-state index contributed by atoms with van der Waals surface area (Å²) in [7, 11) is -10.3. The summed E-state index contributed by atoms with van der Waals surface area (Å²) in [5, 5.41) is 7.89. The normalized spacial score (nSPS) is 10.5. The second kappa shape index (κ2) is 9.51. The van der Waals surface area contributed by atoms with E-state index in [2.05, 4.69) is 15.2 Å². The summed E-state index contributed by atoms with van der Waals surface area (Å²) in [6.45, 7) is 4.60. The van der Waals surface area contributed by atoms with Gasteiger partial charge in [-0.25, -0.2) is 13.2 Å². The van der Waals surface area contributed by atoms with Crippen LogP contribution in [0.1, 0.15) is 6.92 Å². The predicted octanol–water partition coefficient (Wildman–Crippen LogP) is -4.15. The number of carbonyl (C=O) groups is 1. The van der Waals surface area contributed by atoms with Crippen LogP contribution in [0.2, 0.25) is 0 Å². The Bertz CT molecular complexity index is 403. The smallest absolute Gasteiger partial charge is 0.724 e. The van der Waals surface area contributed by atoms with Gasteiger partial charge in [-0.2, -0.15) is 8.42 Å². The molecule has 0 radical (unpaired) electrons. The van der Waals surface area contributed by atoms with Crippen LogP contribution < -0.4 is 51.4 Å². The summed E-state index contributed by atoms with van der Waals surface area (Å²) < 4.78 is 60.2. The molecule has 0 saturated carbocycles. The SMILES string of the molecule is C=C(C)C(=O)O.O=S(=O)([O-])OOS(=O)(=O)O.[K+]. The monoisotopic (exact) mass is 318 g/mol. The molecule has 0 spiro atoms. The molecule has 0 unspecified atom stereocenters.